The first-order valence-corrected chi connectivity index (χ1v) is 10.4. The third kappa shape index (κ3) is 3.08. The van der Waals surface area contributed by atoms with Crippen molar-refractivity contribution in [3.63, 3.8) is 0 Å². The number of ether oxygens (including phenoxy) is 3. The minimum atomic E-state index is -0.553. The molecule has 0 amide bonds. The number of methoxy groups -OCH3 is 1. The molecule has 2 unspecified atom stereocenters. The Morgan fingerprint density at radius 3 is 2.69 bits per heavy atom. The molecule has 3 aliphatic heterocycles. The molecule has 1 spiro atoms. The van der Waals surface area contributed by atoms with Gasteiger partial charge in [0.25, 0.3) is 0 Å². The smallest absolute Gasteiger partial charge is 0.203 e. The van der Waals surface area contributed by atoms with Gasteiger partial charge in [-0.1, -0.05) is 35.9 Å². The van der Waals surface area contributed by atoms with Crippen molar-refractivity contribution < 1.29 is 14.2 Å². The van der Waals surface area contributed by atoms with Crippen LogP contribution in [0.4, 0.5) is 0 Å². The van der Waals surface area contributed by atoms with Gasteiger partial charge in [0.1, 0.15) is 0 Å². The SMILES string of the molecule is COc1cccc2c1OC1(CCOC(C)(C)C1)N1N=C(c3ccc(Cl)cc3)CC21. The first-order chi connectivity index (χ1) is 13.9. The largest absolute Gasteiger partial charge is 0.493 e. The van der Waals surface area contributed by atoms with E-state index in [0.717, 1.165) is 52.6 Å². The lowest BCUT2D eigenvalue weighted by atomic mass is 9.86. The highest BCUT2D eigenvalue weighted by Crippen LogP contribution is 2.54. The van der Waals surface area contributed by atoms with Crippen LogP contribution in [0, 0.1) is 0 Å². The molecule has 5 rings (SSSR count). The summed E-state index contributed by atoms with van der Waals surface area (Å²) >= 11 is 6.09. The maximum Gasteiger partial charge on any atom is 0.203 e. The highest BCUT2D eigenvalue weighted by atomic mass is 35.5. The Bertz CT molecular complexity index is 973. The van der Waals surface area contributed by atoms with Gasteiger partial charge in [-0.05, 0) is 37.6 Å². The number of rotatable bonds is 2. The Morgan fingerprint density at radius 2 is 1.97 bits per heavy atom. The number of hydrogen-bond donors (Lipinski definition) is 0. The van der Waals surface area contributed by atoms with Crippen LogP contribution in [0.1, 0.15) is 50.3 Å². The van der Waals surface area contributed by atoms with Crippen molar-refractivity contribution in [3.8, 4) is 11.5 Å². The van der Waals surface area contributed by atoms with E-state index in [1.54, 1.807) is 7.11 Å². The first kappa shape index (κ1) is 18.8. The van der Waals surface area contributed by atoms with Gasteiger partial charge in [-0.25, -0.2) is 5.01 Å². The van der Waals surface area contributed by atoms with E-state index in [4.69, 9.17) is 30.9 Å². The predicted molar refractivity (Wildman–Crippen MR) is 113 cm³/mol. The van der Waals surface area contributed by atoms with Crippen LogP contribution in [0.5, 0.6) is 11.5 Å². The molecule has 0 bridgehead atoms. The van der Waals surface area contributed by atoms with Gasteiger partial charge < -0.3 is 14.2 Å². The number of fused-ring (bicyclic) bond motifs is 4. The summed E-state index contributed by atoms with van der Waals surface area (Å²) in [6.45, 7) is 4.86. The van der Waals surface area contributed by atoms with Crippen molar-refractivity contribution in [1.29, 1.82) is 0 Å². The zero-order chi connectivity index (χ0) is 20.2. The fourth-order valence-electron chi connectivity index (χ4n) is 4.82. The molecule has 0 aliphatic carbocycles. The van der Waals surface area contributed by atoms with Crippen LogP contribution in [-0.4, -0.2) is 35.8 Å². The van der Waals surface area contributed by atoms with Crippen molar-refractivity contribution >= 4 is 17.3 Å². The highest BCUT2D eigenvalue weighted by Gasteiger charge is 2.55. The summed E-state index contributed by atoms with van der Waals surface area (Å²) < 4.78 is 18.4. The van der Waals surface area contributed by atoms with E-state index in [1.807, 2.05) is 36.4 Å². The summed E-state index contributed by atoms with van der Waals surface area (Å²) in [5, 5.41) is 8.00. The van der Waals surface area contributed by atoms with E-state index in [2.05, 4.69) is 24.9 Å². The van der Waals surface area contributed by atoms with E-state index in [1.165, 1.54) is 0 Å². The number of hydrazone groups is 1. The molecule has 1 saturated heterocycles. The van der Waals surface area contributed by atoms with Crippen LogP contribution in [0.3, 0.4) is 0 Å². The molecule has 0 radical (unpaired) electrons. The van der Waals surface area contributed by atoms with E-state index >= 15 is 0 Å². The zero-order valence-corrected chi connectivity index (χ0v) is 17.7. The highest BCUT2D eigenvalue weighted by molar-refractivity contribution is 6.30. The van der Waals surface area contributed by atoms with Gasteiger partial charge in [0.05, 0.1) is 31.1 Å². The lowest BCUT2D eigenvalue weighted by Crippen LogP contribution is -2.60. The molecule has 0 aromatic heterocycles. The van der Waals surface area contributed by atoms with Gasteiger partial charge in [-0.2, -0.15) is 5.10 Å². The quantitative estimate of drug-likeness (QED) is 0.681. The second-order valence-electron chi connectivity index (χ2n) is 8.58. The Balaban J connectivity index is 1.63. The summed E-state index contributed by atoms with van der Waals surface area (Å²) in [5.41, 5.74) is 2.42. The van der Waals surface area contributed by atoms with E-state index in [0.29, 0.717) is 6.61 Å². The molecule has 0 saturated carbocycles. The minimum absolute atomic E-state index is 0.105. The molecule has 6 heteroatoms. The number of benzene rings is 2. The summed E-state index contributed by atoms with van der Waals surface area (Å²) in [7, 11) is 1.69. The Morgan fingerprint density at radius 1 is 1.17 bits per heavy atom. The molecule has 2 aromatic carbocycles. The normalized spacial score (nSPS) is 27.1. The molecule has 152 valence electrons. The third-order valence-electron chi connectivity index (χ3n) is 6.07. The summed E-state index contributed by atoms with van der Waals surface area (Å²) in [4.78, 5) is 0. The Hall–Kier alpha value is -2.24. The lowest BCUT2D eigenvalue weighted by Gasteiger charge is -2.52. The van der Waals surface area contributed by atoms with Crippen LogP contribution in [0.2, 0.25) is 5.02 Å². The standard InChI is InChI=1S/C23H25ClN2O3/c1-22(2)14-23(11-12-28-22)26-19(17-5-4-6-20(27-3)21(17)29-23)13-18(25-26)15-7-9-16(24)10-8-15/h4-10,19H,11-14H2,1-3H3. The van der Waals surface area contributed by atoms with E-state index in [9.17, 15) is 0 Å². The van der Waals surface area contributed by atoms with Gasteiger partial charge in [0, 0.05) is 29.8 Å². The van der Waals surface area contributed by atoms with Crippen molar-refractivity contribution in [1.82, 2.24) is 5.01 Å². The van der Waals surface area contributed by atoms with Crippen LogP contribution in [-0.2, 0) is 4.74 Å². The monoisotopic (exact) mass is 412 g/mol. The topological polar surface area (TPSA) is 43.3 Å². The molecule has 5 nitrogen and oxygen atoms in total. The molecular weight excluding hydrogens is 388 g/mol. The van der Waals surface area contributed by atoms with Gasteiger partial charge in [0.2, 0.25) is 5.72 Å². The maximum absolute atomic E-state index is 6.73. The molecule has 3 heterocycles. The first-order valence-electron chi connectivity index (χ1n) is 10.0. The summed E-state index contributed by atoms with van der Waals surface area (Å²) in [6, 6.07) is 14.1. The minimum Gasteiger partial charge on any atom is -0.493 e. The lowest BCUT2D eigenvalue weighted by molar-refractivity contribution is -0.212. The molecule has 2 atom stereocenters. The summed E-state index contributed by atoms with van der Waals surface area (Å²) in [6.07, 6.45) is 2.29. The van der Waals surface area contributed by atoms with E-state index < -0.39 is 5.72 Å². The third-order valence-corrected chi connectivity index (χ3v) is 6.33. The van der Waals surface area contributed by atoms with Crippen LogP contribution in [0.25, 0.3) is 0 Å². The summed E-state index contributed by atoms with van der Waals surface area (Å²) in [5.74, 6) is 1.60. The Labute approximate surface area is 176 Å². The average Bonchev–Trinajstić information content (AvgIpc) is 3.14. The number of hydrogen-bond acceptors (Lipinski definition) is 5. The van der Waals surface area contributed by atoms with Crippen LogP contribution < -0.4 is 9.47 Å². The second-order valence-corrected chi connectivity index (χ2v) is 9.02. The van der Waals surface area contributed by atoms with E-state index in [-0.39, 0.29) is 11.6 Å². The van der Waals surface area contributed by atoms with Crippen LogP contribution in [0.15, 0.2) is 47.6 Å². The number of para-hydroxylation sites is 1. The molecule has 2 aromatic rings. The van der Waals surface area contributed by atoms with Gasteiger partial charge >= 0.3 is 0 Å². The number of nitrogens with zero attached hydrogens (tertiary/aromatic N) is 2. The molecular formula is C23H25ClN2O3. The fraction of sp³-hybridized carbons (Fsp3) is 0.435. The van der Waals surface area contributed by atoms with Crippen molar-refractivity contribution in [3.05, 3.63) is 58.6 Å². The number of halogens is 1. The fourth-order valence-corrected chi connectivity index (χ4v) is 4.95. The second kappa shape index (κ2) is 6.64. The predicted octanol–water partition coefficient (Wildman–Crippen LogP) is 5.18. The average molecular weight is 413 g/mol. The molecule has 0 N–H and O–H groups in total. The molecule has 3 aliphatic rings. The van der Waals surface area contributed by atoms with Crippen LogP contribution >= 0.6 is 11.6 Å². The van der Waals surface area contributed by atoms with Crippen molar-refractivity contribution in [2.75, 3.05) is 13.7 Å². The Kier molecular flexibility index (Phi) is 4.30. The van der Waals surface area contributed by atoms with Crippen molar-refractivity contribution in [2.24, 2.45) is 5.10 Å². The molecule has 1 fully saturated rings. The van der Waals surface area contributed by atoms with Crippen molar-refractivity contribution in [2.45, 2.75) is 50.5 Å². The molecule has 29 heavy (non-hydrogen) atoms. The van der Waals surface area contributed by atoms with Gasteiger partial charge in [-0.15, -0.1) is 0 Å². The maximum atomic E-state index is 6.73. The zero-order valence-electron chi connectivity index (χ0n) is 16.9. The van der Waals surface area contributed by atoms with Gasteiger partial charge in [-0.3, -0.25) is 0 Å². The van der Waals surface area contributed by atoms with Gasteiger partial charge in [0.15, 0.2) is 11.5 Å².